The zero-order valence-electron chi connectivity index (χ0n) is 43.1. The van der Waals surface area contributed by atoms with Crippen LogP contribution in [0, 0.1) is 17.8 Å². The van der Waals surface area contributed by atoms with Gasteiger partial charge in [-0.25, -0.2) is 4.68 Å². The number of nitrogens with zero attached hydrogens (tertiary/aromatic N) is 6. The Morgan fingerprint density at radius 1 is 0.971 bits per heavy atom. The zero-order valence-corrected chi connectivity index (χ0v) is 43.1. The van der Waals surface area contributed by atoms with Gasteiger partial charge in [-0.2, -0.15) is 0 Å². The highest BCUT2D eigenvalue weighted by Gasteiger charge is 2.53. The number of ether oxygens (including phenoxy) is 6. The summed E-state index contributed by atoms with van der Waals surface area (Å²) >= 11 is 0. The van der Waals surface area contributed by atoms with Gasteiger partial charge in [-0.3, -0.25) is 9.78 Å². The van der Waals surface area contributed by atoms with E-state index < -0.39 is 102 Å². The highest BCUT2D eigenvalue weighted by atomic mass is 16.7. The maximum atomic E-state index is 14.5. The van der Waals surface area contributed by atoms with E-state index in [1.54, 1.807) is 47.7 Å². The SMILES string of the molecule is CC[C@H]1OC(=O)[C@H](C)[C@@H](O[C@H]2C[C@@](C)(OC)[C@@H](O)[C@H](C)O2)[C@H](C)[C@@H](O[C@@H]2O[C@H](C)C[C@H](N(C)CCc3cn(Cc4ccc5ncccc5c4)nn3)[C@H]2O)[C@](C)(O)C[C@@H](C)CN(C)[C@H](C)[C@@H](O)[C@]1(C)O. The number of methoxy groups -OCH3 is 1. The van der Waals surface area contributed by atoms with Crippen LogP contribution in [0.4, 0.5) is 0 Å². The number of aromatic nitrogens is 4. The van der Waals surface area contributed by atoms with Crippen LogP contribution in [0.5, 0.6) is 0 Å². The number of fused-ring (bicyclic) bond motifs is 1. The molecule has 3 aliphatic rings. The first-order valence-electron chi connectivity index (χ1n) is 24.9. The van der Waals surface area contributed by atoms with Gasteiger partial charge in [0.25, 0.3) is 0 Å². The molecule has 18 heteroatoms. The third-order valence-corrected chi connectivity index (χ3v) is 15.4. The molecule has 0 bridgehead atoms. The van der Waals surface area contributed by atoms with E-state index in [1.165, 1.54) is 14.0 Å². The molecule has 6 rings (SSSR count). The standard InChI is InChI=1S/C51H82N6O12/c1-14-40-51(10,63)44(59)33(6)56(12)26-29(2)24-49(8,62)46(31(4)43(32(5)47(61)67-40)68-41-25-50(9,64-13)45(60)34(7)66-41)69-48-42(58)39(22-30(3)65-48)55(11)21-19-37-28-57(54-53-37)27-35-17-18-38-36(23-35)16-15-20-52-38/h15-18,20,23,28-34,39-46,48,58-60,62-63H,14,19,21-22,24-27H2,1-13H3/t29-,30-,31+,32-,33-,34+,39+,40-,41+,42-,43+,44-,45+,46-,48+,49-,50-,51-/m1/s1. The van der Waals surface area contributed by atoms with Gasteiger partial charge in [0.15, 0.2) is 12.6 Å². The predicted molar refractivity (Wildman–Crippen MR) is 258 cm³/mol. The summed E-state index contributed by atoms with van der Waals surface area (Å²) in [7, 11) is 5.30. The van der Waals surface area contributed by atoms with Crippen molar-refractivity contribution in [2.45, 2.75) is 198 Å². The van der Waals surface area contributed by atoms with Gasteiger partial charge in [0.1, 0.15) is 30.0 Å². The Hall–Kier alpha value is -3.24. The number of esters is 1. The molecule has 0 aliphatic carbocycles. The van der Waals surface area contributed by atoms with E-state index in [2.05, 4.69) is 26.3 Å². The van der Waals surface area contributed by atoms with Crippen LogP contribution in [0.1, 0.15) is 106 Å². The Balaban J connectivity index is 1.27. The summed E-state index contributed by atoms with van der Waals surface area (Å²) in [5, 5.41) is 69.6. The number of carbonyl (C=O) groups is 1. The Kier molecular flexibility index (Phi) is 18.1. The normalized spacial score (nSPS) is 40.3. The highest BCUT2D eigenvalue weighted by molar-refractivity contribution is 5.78. The first-order valence-corrected chi connectivity index (χ1v) is 24.9. The number of cyclic esters (lactones) is 1. The van der Waals surface area contributed by atoms with Crippen LogP contribution in [0.2, 0.25) is 0 Å². The van der Waals surface area contributed by atoms with Gasteiger partial charge >= 0.3 is 5.97 Å². The molecular weight excluding hydrogens is 889 g/mol. The van der Waals surface area contributed by atoms with Gasteiger partial charge in [-0.15, -0.1) is 5.10 Å². The average molecular weight is 971 g/mol. The number of likely N-dealkylation sites (N-methyl/N-ethyl adjacent to an activating group) is 2. The molecule has 18 atom stereocenters. The molecule has 0 amide bonds. The summed E-state index contributed by atoms with van der Waals surface area (Å²) in [4.78, 5) is 22.9. The van der Waals surface area contributed by atoms with E-state index in [1.807, 2.05) is 74.9 Å². The summed E-state index contributed by atoms with van der Waals surface area (Å²) in [5.41, 5.74) is -1.69. The van der Waals surface area contributed by atoms with E-state index in [0.29, 0.717) is 32.5 Å². The van der Waals surface area contributed by atoms with Crippen molar-refractivity contribution in [1.82, 2.24) is 29.8 Å². The quantitative estimate of drug-likeness (QED) is 0.163. The largest absolute Gasteiger partial charge is 0.459 e. The molecule has 3 saturated heterocycles. The van der Waals surface area contributed by atoms with E-state index in [-0.39, 0.29) is 31.3 Å². The minimum absolute atomic E-state index is 0.107. The van der Waals surface area contributed by atoms with E-state index in [4.69, 9.17) is 28.4 Å². The molecule has 0 saturated carbocycles. The molecular formula is C51H82N6O12. The average Bonchev–Trinajstić information content (AvgIpc) is 3.75. The number of hydrogen-bond donors (Lipinski definition) is 5. The van der Waals surface area contributed by atoms with Crippen LogP contribution >= 0.6 is 0 Å². The lowest BCUT2D eigenvalue weighted by Crippen LogP contribution is -2.61. The highest BCUT2D eigenvalue weighted by Crippen LogP contribution is 2.40. The van der Waals surface area contributed by atoms with Gasteiger partial charge in [0, 0.05) is 68.8 Å². The first-order chi connectivity index (χ1) is 32.4. The smallest absolute Gasteiger partial charge is 0.311 e. The molecule has 69 heavy (non-hydrogen) atoms. The number of rotatable bonds is 12. The molecule has 18 nitrogen and oxygen atoms in total. The first kappa shape index (κ1) is 55.1. The summed E-state index contributed by atoms with van der Waals surface area (Å²) in [6.07, 6.45) is -4.64. The second-order valence-electron chi connectivity index (χ2n) is 21.4. The maximum Gasteiger partial charge on any atom is 0.311 e. The third-order valence-electron chi connectivity index (χ3n) is 15.4. The predicted octanol–water partition coefficient (Wildman–Crippen LogP) is 3.70. The Bertz CT molecular complexity index is 2130. The molecule has 388 valence electrons. The van der Waals surface area contributed by atoms with Crippen molar-refractivity contribution < 1.29 is 58.7 Å². The molecule has 2 aromatic heterocycles. The second kappa shape index (κ2) is 22.7. The summed E-state index contributed by atoms with van der Waals surface area (Å²) in [6, 6.07) is 9.13. The number of hydrogen-bond acceptors (Lipinski definition) is 17. The minimum Gasteiger partial charge on any atom is -0.459 e. The Labute approximate surface area is 408 Å². The van der Waals surface area contributed by atoms with Gasteiger partial charge in [0.05, 0.1) is 59.3 Å². The molecule has 0 radical (unpaired) electrons. The Morgan fingerprint density at radius 3 is 2.39 bits per heavy atom. The number of aliphatic hydroxyl groups excluding tert-OH is 3. The second-order valence-corrected chi connectivity index (χ2v) is 21.4. The molecule has 3 fully saturated rings. The number of carbonyl (C=O) groups excluding carboxylic acids is 1. The number of benzene rings is 1. The topological polar surface area (TPSA) is 224 Å². The third kappa shape index (κ3) is 12.7. The van der Waals surface area contributed by atoms with Crippen molar-refractivity contribution in [3.05, 3.63) is 54.0 Å². The minimum atomic E-state index is -1.83. The van der Waals surface area contributed by atoms with Crippen molar-refractivity contribution >= 4 is 16.9 Å². The van der Waals surface area contributed by atoms with Gasteiger partial charge in [0.2, 0.25) is 0 Å². The van der Waals surface area contributed by atoms with Crippen LogP contribution < -0.4 is 0 Å². The summed E-state index contributed by atoms with van der Waals surface area (Å²) in [6.45, 7) is 19.2. The maximum absolute atomic E-state index is 14.5. The number of pyridine rings is 1. The fourth-order valence-corrected chi connectivity index (χ4v) is 11.1. The molecule has 5 N–H and O–H groups in total. The van der Waals surface area contributed by atoms with Crippen molar-refractivity contribution in [3.8, 4) is 0 Å². The van der Waals surface area contributed by atoms with Gasteiger partial charge < -0.3 is 63.8 Å². The van der Waals surface area contributed by atoms with E-state index in [0.717, 1.165) is 22.2 Å². The molecule has 3 aromatic rings. The lowest BCUT2D eigenvalue weighted by atomic mass is 9.77. The molecule has 3 aliphatic heterocycles. The zero-order chi connectivity index (χ0) is 50.7. The fraction of sp³-hybridized carbons (Fsp3) is 0.765. The summed E-state index contributed by atoms with van der Waals surface area (Å²) < 4.78 is 40.1. The molecule has 5 heterocycles. The van der Waals surface area contributed by atoms with Crippen molar-refractivity contribution in [2.24, 2.45) is 17.8 Å². The summed E-state index contributed by atoms with van der Waals surface area (Å²) in [5.74, 6) is -2.75. The van der Waals surface area contributed by atoms with E-state index >= 15 is 0 Å². The van der Waals surface area contributed by atoms with Crippen molar-refractivity contribution in [2.75, 3.05) is 34.3 Å². The van der Waals surface area contributed by atoms with Gasteiger partial charge in [-0.1, -0.05) is 38.1 Å². The van der Waals surface area contributed by atoms with E-state index in [9.17, 15) is 30.3 Å². The van der Waals surface area contributed by atoms with Crippen molar-refractivity contribution in [3.63, 3.8) is 0 Å². The van der Waals surface area contributed by atoms with Crippen LogP contribution in [0.15, 0.2) is 42.7 Å². The van der Waals surface area contributed by atoms with Crippen LogP contribution in [0.25, 0.3) is 10.9 Å². The van der Waals surface area contributed by atoms with Crippen LogP contribution in [0.3, 0.4) is 0 Å². The van der Waals surface area contributed by atoms with Gasteiger partial charge in [-0.05, 0) is 112 Å². The molecule has 0 unspecified atom stereocenters. The molecule has 0 spiro atoms. The lowest BCUT2D eigenvalue weighted by molar-refractivity contribution is -0.318. The lowest BCUT2D eigenvalue weighted by Gasteiger charge is -2.49. The van der Waals surface area contributed by atoms with Crippen LogP contribution in [-0.4, -0.2) is 186 Å². The monoisotopic (exact) mass is 971 g/mol. The fourth-order valence-electron chi connectivity index (χ4n) is 11.1. The van der Waals surface area contributed by atoms with Crippen LogP contribution in [-0.2, 0) is 46.2 Å². The molecule has 1 aromatic carbocycles. The van der Waals surface area contributed by atoms with Crippen molar-refractivity contribution in [1.29, 1.82) is 0 Å². The Morgan fingerprint density at radius 2 is 1.70 bits per heavy atom. The number of aliphatic hydroxyl groups is 5.